The van der Waals surface area contributed by atoms with Crippen LogP contribution in [0, 0.1) is 5.92 Å². The Balaban J connectivity index is 1.89. The Labute approximate surface area is 131 Å². The maximum atomic E-state index is 12.2. The molecule has 5 nitrogen and oxygen atoms in total. The van der Waals surface area contributed by atoms with Gasteiger partial charge in [0.1, 0.15) is 5.75 Å². The Hall–Kier alpha value is -1.59. The highest BCUT2D eigenvalue weighted by Gasteiger charge is 2.32. The van der Waals surface area contributed by atoms with Gasteiger partial charge in [-0.15, -0.1) is 0 Å². The summed E-state index contributed by atoms with van der Waals surface area (Å²) in [5.41, 5.74) is 1.63. The third-order valence-electron chi connectivity index (χ3n) is 4.63. The lowest BCUT2D eigenvalue weighted by atomic mass is 9.89. The summed E-state index contributed by atoms with van der Waals surface area (Å²) in [6.07, 6.45) is 1.15. The number of amides is 1. The second-order valence-electron chi connectivity index (χ2n) is 6.12. The van der Waals surface area contributed by atoms with E-state index in [0.29, 0.717) is 12.3 Å². The highest BCUT2D eigenvalue weighted by Crippen LogP contribution is 2.38. The third-order valence-corrected chi connectivity index (χ3v) is 4.63. The Morgan fingerprint density at radius 1 is 1.50 bits per heavy atom. The zero-order chi connectivity index (χ0) is 15.7. The van der Waals surface area contributed by atoms with Crippen molar-refractivity contribution in [2.45, 2.75) is 38.9 Å². The maximum absolute atomic E-state index is 12.2. The van der Waals surface area contributed by atoms with Gasteiger partial charge >= 0.3 is 0 Å². The minimum absolute atomic E-state index is 0.0269. The molecule has 1 aromatic carbocycles. The summed E-state index contributed by atoms with van der Waals surface area (Å²) in [5, 5.41) is 14.0. The van der Waals surface area contributed by atoms with Gasteiger partial charge in [-0.05, 0) is 50.9 Å². The summed E-state index contributed by atoms with van der Waals surface area (Å²) in [6, 6.07) is 5.69. The first kappa shape index (κ1) is 15.3. The van der Waals surface area contributed by atoms with E-state index in [1.54, 1.807) is 11.8 Å². The largest absolute Gasteiger partial charge is 0.479 e. The monoisotopic (exact) mass is 304 g/mol. The van der Waals surface area contributed by atoms with Crippen molar-refractivity contribution in [1.29, 1.82) is 0 Å². The first-order chi connectivity index (χ1) is 10.6. The second-order valence-corrected chi connectivity index (χ2v) is 6.12. The molecule has 0 aliphatic carbocycles. The van der Waals surface area contributed by atoms with E-state index in [-0.39, 0.29) is 11.8 Å². The van der Waals surface area contributed by atoms with E-state index >= 15 is 0 Å². The second kappa shape index (κ2) is 6.26. The number of piperidine rings is 1. The molecule has 0 radical (unpaired) electrons. The molecule has 2 aliphatic rings. The fraction of sp³-hybridized carbons (Fsp3) is 0.588. The number of nitrogens with zero attached hydrogens (tertiary/aromatic N) is 1. The molecule has 0 bridgehead atoms. The third kappa shape index (κ3) is 2.71. The van der Waals surface area contributed by atoms with Crippen LogP contribution in [-0.2, 0) is 4.79 Å². The van der Waals surface area contributed by atoms with E-state index in [9.17, 15) is 9.90 Å². The standard InChI is InChI=1S/C17H24N2O3/c1-3-19-14-9-12(16(20)13-5-4-8-18-10-13)6-7-15(14)22-11(2)17(19)21/h6-7,9,11,13,16,18,20H,3-5,8,10H2,1-2H3. The van der Waals surface area contributed by atoms with E-state index in [4.69, 9.17) is 4.74 Å². The van der Waals surface area contributed by atoms with Gasteiger partial charge in [-0.2, -0.15) is 0 Å². The van der Waals surface area contributed by atoms with Crippen LogP contribution < -0.4 is 15.0 Å². The van der Waals surface area contributed by atoms with Crippen molar-refractivity contribution in [3.63, 3.8) is 0 Å². The first-order valence-electron chi connectivity index (χ1n) is 8.12. The smallest absolute Gasteiger partial charge is 0.267 e. The number of benzene rings is 1. The average Bonchev–Trinajstić information content (AvgIpc) is 2.56. The molecule has 0 saturated carbocycles. The van der Waals surface area contributed by atoms with Crippen molar-refractivity contribution in [1.82, 2.24) is 5.32 Å². The molecular weight excluding hydrogens is 280 g/mol. The van der Waals surface area contributed by atoms with Gasteiger partial charge in [-0.25, -0.2) is 0 Å². The van der Waals surface area contributed by atoms with E-state index in [0.717, 1.165) is 37.2 Å². The number of hydrogen-bond acceptors (Lipinski definition) is 4. The molecule has 22 heavy (non-hydrogen) atoms. The van der Waals surface area contributed by atoms with Crippen LogP contribution in [0.15, 0.2) is 18.2 Å². The summed E-state index contributed by atoms with van der Waals surface area (Å²) in [5.74, 6) is 0.911. The number of hydrogen-bond donors (Lipinski definition) is 2. The SMILES string of the molecule is CCN1C(=O)C(C)Oc2ccc(C(O)C3CCCNC3)cc21. The number of ether oxygens (including phenoxy) is 1. The van der Waals surface area contributed by atoms with E-state index in [1.807, 2.05) is 25.1 Å². The lowest BCUT2D eigenvalue weighted by Crippen LogP contribution is -2.44. The van der Waals surface area contributed by atoms with Crippen LogP contribution in [0.4, 0.5) is 5.69 Å². The summed E-state index contributed by atoms with van der Waals surface area (Å²) in [6.45, 7) is 6.18. The van der Waals surface area contributed by atoms with Crippen LogP contribution in [0.3, 0.4) is 0 Å². The van der Waals surface area contributed by atoms with E-state index in [2.05, 4.69) is 5.32 Å². The van der Waals surface area contributed by atoms with Crippen molar-refractivity contribution in [2.75, 3.05) is 24.5 Å². The quantitative estimate of drug-likeness (QED) is 0.895. The summed E-state index contributed by atoms with van der Waals surface area (Å²) in [4.78, 5) is 14.0. The van der Waals surface area contributed by atoms with Crippen LogP contribution in [-0.4, -0.2) is 36.8 Å². The predicted octanol–water partition coefficient (Wildman–Crippen LogP) is 1.85. The maximum Gasteiger partial charge on any atom is 0.267 e. The number of carbonyl (C=O) groups is 1. The van der Waals surface area contributed by atoms with Gasteiger partial charge < -0.3 is 20.1 Å². The molecular formula is C17H24N2O3. The lowest BCUT2D eigenvalue weighted by Gasteiger charge is -2.33. The summed E-state index contributed by atoms with van der Waals surface area (Å²) in [7, 11) is 0. The number of aliphatic hydroxyl groups excluding tert-OH is 1. The van der Waals surface area contributed by atoms with Crippen molar-refractivity contribution in [2.24, 2.45) is 5.92 Å². The van der Waals surface area contributed by atoms with E-state index < -0.39 is 12.2 Å². The molecule has 2 heterocycles. The zero-order valence-electron chi connectivity index (χ0n) is 13.2. The Kier molecular flexibility index (Phi) is 4.36. The highest BCUT2D eigenvalue weighted by atomic mass is 16.5. The fourth-order valence-corrected chi connectivity index (χ4v) is 3.35. The molecule has 3 atom stereocenters. The molecule has 3 rings (SSSR count). The van der Waals surface area contributed by atoms with Crippen LogP contribution in [0.2, 0.25) is 0 Å². The minimum atomic E-state index is -0.508. The Morgan fingerprint density at radius 2 is 2.32 bits per heavy atom. The molecule has 120 valence electrons. The van der Waals surface area contributed by atoms with Crippen LogP contribution in [0.25, 0.3) is 0 Å². The molecule has 1 saturated heterocycles. The molecule has 0 spiro atoms. The molecule has 2 aliphatic heterocycles. The number of carbonyl (C=O) groups excluding carboxylic acids is 1. The average molecular weight is 304 g/mol. The van der Waals surface area contributed by atoms with Gasteiger partial charge in [-0.1, -0.05) is 6.07 Å². The summed E-state index contributed by atoms with van der Waals surface area (Å²) < 4.78 is 5.67. The Morgan fingerprint density at radius 3 is 3.00 bits per heavy atom. The number of aliphatic hydroxyl groups is 1. The number of likely N-dealkylation sites (N-methyl/N-ethyl adjacent to an activating group) is 1. The fourth-order valence-electron chi connectivity index (χ4n) is 3.35. The van der Waals surface area contributed by atoms with Gasteiger partial charge in [0.2, 0.25) is 0 Å². The van der Waals surface area contributed by atoms with Gasteiger partial charge in [0, 0.05) is 19.0 Å². The van der Waals surface area contributed by atoms with Crippen LogP contribution in [0.5, 0.6) is 5.75 Å². The molecule has 2 N–H and O–H groups in total. The first-order valence-corrected chi connectivity index (χ1v) is 8.12. The molecule has 1 fully saturated rings. The van der Waals surface area contributed by atoms with Gasteiger partial charge in [0.15, 0.2) is 6.10 Å². The van der Waals surface area contributed by atoms with Gasteiger partial charge in [-0.3, -0.25) is 4.79 Å². The number of fused-ring (bicyclic) bond motifs is 1. The molecule has 5 heteroatoms. The normalized spacial score (nSPS) is 26.3. The predicted molar refractivity (Wildman–Crippen MR) is 85.1 cm³/mol. The number of nitrogens with one attached hydrogen (secondary N) is 1. The Bertz CT molecular complexity index is 555. The lowest BCUT2D eigenvalue weighted by molar-refractivity contribution is -0.125. The highest BCUT2D eigenvalue weighted by molar-refractivity contribution is 5.99. The van der Waals surface area contributed by atoms with Crippen LogP contribution in [0.1, 0.15) is 38.4 Å². The molecule has 1 aromatic rings. The summed E-state index contributed by atoms with van der Waals surface area (Å²) >= 11 is 0. The van der Waals surface area contributed by atoms with Gasteiger partial charge in [0.25, 0.3) is 5.91 Å². The number of anilines is 1. The van der Waals surface area contributed by atoms with Crippen molar-refractivity contribution >= 4 is 11.6 Å². The molecule has 1 amide bonds. The van der Waals surface area contributed by atoms with Crippen molar-refractivity contribution in [3.8, 4) is 5.75 Å². The zero-order valence-corrected chi connectivity index (χ0v) is 13.2. The van der Waals surface area contributed by atoms with E-state index in [1.165, 1.54) is 0 Å². The number of rotatable bonds is 3. The van der Waals surface area contributed by atoms with Crippen molar-refractivity contribution in [3.05, 3.63) is 23.8 Å². The van der Waals surface area contributed by atoms with Crippen molar-refractivity contribution < 1.29 is 14.6 Å². The van der Waals surface area contributed by atoms with Gasteiger partial charge in [0.05, 0.1) is 11.8 Å². The van der Waals surface area contributed by atoms with Crippen LogP contribution >= 0.6 is 0 Å². The minimum Gasteiger partial charge on any atom is -0.479 e. The molecule has 0 aromatic heterocycles. The molecule has 3 unspecified atom stereocenters. The topological polar surface area (TPSA) is 61.8 Å².